The van der Waals surface area contributed by atoms with Crippen LogP contribution in [0.4, 0.5) is 0 Å². The lowest BCUT2D eigenvalue weighted by molar-refractivity contribution is -0.117. The molecule has 1 aromatic rings. The molecule has 5 atom stereocenters. The molecule has 0 radical (unpaired) electrons. The maximum absolute atomic E-state index is 11.4. The molecule has 1 aromatic carbocycles. The fraction of sp³-hybridized carbons (Fsp3) is 0.500. The molecule has 0 spiro atoms. The molecular weight excluding hydrogens is 312 g/mol. The van der Waals surface area contributed by atoms with E-state index < -0.39 is 6.10 Å². The zero-order valence-corrected chi connectivity index (χ0v) is 14.9. The predicted octanol–water partition coefficient (Wildman–Crippen LogP) is 4.39. The minimum atomic E-state index is -0.571. The van der Waals surface area contributed by atoms with Gasteiger partial charge in [0.25, 0.3) is 0 Å². The third-order valence-electron chi connectivity index (χ3n) is 5.46. The molecule has 134 valence electrons. The van der Waals surface area contributed by atoms with E-state index in [0.29, 0.717) is 30.8 Å². The van der Waals surface area contributed by atoms with Crippen molar-refractivity contribution in [3.63, 3.8) is 0 Å². The molecule has 2 heterocycles. The van der Waals surface area contributed by atoms with Gasteiger partial charge in [0.15, 0.2) is 0 Å². The summed E-state index contributed by atoms with van der Waals surface area (Å²) in [6, 6.07) is 9.72. The second kappa shape index (κ2) is 8.59. The van der Waals surface area contributed by atoms with Crippen molar-refractivity contribution in [2.75, 3.05) is 0 Å². The van der Waals surface area contributed by atoms with E-state index in [4.69, 9.17) is 4.74 Å². The zero-order valence-electron chi connectivity index (χ0n) is 14.9. The van der Waals surface area contributed by atoms with Gasteiger partial charge in [-0.05, 0) is 30.7 Å². The van der Waals surface area contributed by atoms with Gasteiger partial charge >= 0.3 is 0 Å². The van der Waals surface area contributed by atoms with Crippen LogP contribution in [0.1, 0.15) is 50.7 Å². The van der Waals surface area contributed by atoms with Gasteiger partial charge in [0.05, 0.1) is 18.3 Å². The Morgan fingerprint density at radius 3 is 2.76 bits per heavy atom. The summed E-state index contributed by atoms with van der Waals surface area (Å²) < 4.78 is 6.10. The molecule has 0 aliphatic carbocycles. The van der Waals surface area contributed by atoms with Gasteiger partial charge in [-0.3, -0.25) is 4.79 Å². The topological polar surface area (TPSA) is 46.5 Å². The minimum absolute atomic E-state index is 0.278. The third kappa shape index (κ3) is 4.47. The SMILES string of the molecule is CCC(=O)CC=CC[C@@H]1[C@H](C=CC(O)c2ccccc2)[C@@H]2CC[C@H]1O2. The fourth-order valence-electron chi connectivity index (χ4n) is 3.99. The lowest BCUT2D eigenvalue weighted by atomic mass is 9.77. The van der Waals surface area contributed by atoms with Gasteiger partial charge < -0.3 is 9.84 Å². The Hall–Kier alpha value is -1.71. The number of benzene rings is 1. The number of allylic oxidation sites excluding steroid dienone is 2. The van der Waals surface area contributed by atoms with Crippen molar-refractivity contribution in [2.45, 2.75) is 57.3 Å². The Balaban J connectivity index is 1.60. The van der Waals surface area contributed by atoms with Crippen LogP contribution in [0.2, 0.25) is 0 Å². The van der Waals surface area contributed by atoms with Gasteiger partial charge in [-0.1, -0.05) is 61.6 Å². The minimum Gasteiger partial charge on any atom is -0.384 e. The number of hydrogen-bond acceptors (Lipinski definition) is 3. The summed E-state index contributed by atoms with van der Waals surface area (Å²) in [5, 5.41) is 10.4. The van der Waals surface area contributed by atoms with Gasteiger partial charge in [0.2, 0.25) is 0 Å². The first-order chi connectivity index (χ1) is 12.2. The van der Waals surface area contributed by atoms with Gasteiger partial charge in [-0.2, -0.15) is 0 Å². The van der Waals surface area contributed by atoms with Gasteiger partial charge in [-0.25, -0.2) is 0 Å². The number of aliphatic hydroxyl groups excluding tert-OH is 1. The first-order valence-electron chi connectivity index (χ1n) is 9.42. The first kappa shape index (κ1) is 18.1. The highest BCUT2D eigenvalue weighted by Gasteiger charge is 2.46. The van der Waals surface area contributed by atoms with E-state index in [0.717, 1.165) is 24.8 Å². The summed E-state index contributed by atoms with van der Waals surface area (Å²) in [6.07, 6.45) is 12.5. The molecule has 25 heavy (non-hydrogen) atoms. The van der Waals surface area contributed by atoms with E-state index in [1.54, 1.807) is 0 Å². The first-order valence-corrected chi connectivity index (χ1v) is 9.42. The standard InChI is InChI=1S/C22H28O3/c1-2-17(23)10-6-7-11-18-19(22-15-14-21(18)25-22)12-13-20(24)16-8-4-3-5-9-16/h3-9,12-13,18-22,24H,2,10-11,14-15H2,1H3/t18-,19+,20?,21-,22+/m1/s1. The van der Waals surface area contributed by atoms with Crippen LogP contribution in [-0.2, 0) is 9.53 Å². The van der Waals surface area contributed by atoms with Crippen molar-refractivity contribution in [1.29, 1.82) is 0 Å². The monoisotopic (exact) mass is 340 g/mol. The Labute approximate surface area is 150 Å². The number of ether oxygens (including phenoxy) is 1. The number of rotatable bonds is 8. The second-order valence-electron chi connectivity index (χ2n) is 7.08. The van der Waals surface area contributed by atoms with Crippen LogP contribution in [0.25, 0.3) is 0 Å². The summed E-state index contributed by atoms with van der Waals surface area (Å²) in [5.74, 6) is 1.08. The summed E-state index contributed by atoms with van der Waals surface area (Å²) >= 11 is 0. The third-order valence-corrected chi connectivity index (χ3v) is 5.46. The smallest absolute Gasteiger partial charge is 0.136 e. The van der Waals surface area contributed by atoms with E-state index in [9.17, 15) is 9.90 Å². The molecular formula is C22H28O3. The molecule has 3 rings (SSSR count). The molecule has 2 aliphatic rings. The molecule has 1 N–H and O–H groups in total. The number of carbonyl (C=O) groups excluding carboxylic acids is 1. The Morgan fingerprint density at radius 2 is 2.00 bits per heavy atom. The van der Waals surface area contributed by atoms with Crippen LogP contribution in [0, 0.1) is 11.8 Å². The predicted molar refractivity (Wildman–Crippen MR) is 99.1 cm³/mol. The molecule has 2 bridgehead atoms. The maximum Gasteiger partial charge on any atom is 0.136 e. The molecule has 2 saturated heterocycles. The van der Waals surface area contributed by atoms with Crippen LogP contribution in [0.5, 0.6) is 0 Å². The van der Waals surface area contributed by atoms with Crippen LogP contribution in [0.3, 0.4) is 0 Å². The van der Waals surface area contributed by atoms with Crippen LogP contribution in [-0.4, -0.2) is 23.1 Å². The number of Topliss-reactive ketones (excluding diaryl/α,β-unsaturated/α-hetero) is 1. The normalized spacial score (nSPS) is 29.7. The zero-order chi connectivity index (χ0) is 17.6. The van der Waals surface area contributed by atoms with E-state index in [-0.39, 0.29) is 11.9 Å². The molecule has 3 nitrogen and oxygen atoms in total. The molecule has 2 fully saturated rings. The van der Waals surface area contributed by atoms with Crippen molar-refractivity contribution in [3.8, 4) is 0 Å². The fourth-order valence-corrected chi connectivity index (χ4v) is 3.99. The Morgan fingerprint density at radius 1 is 1.24 bits per heavy atom. The van der Waals surface area contributed by atoms with Crippen LogP contribution >= 0.6 is 0 Å². The van der Waals surface area contributed by atoms with E-state index in [2.05, 4.69) is 12.2 Å². The highest BCUT2D eigenvalue weighted by Crippen LogP contribution is 2.46. The summed E-state index contributed by atoms with van der Waals surface area (Å²) in [6.45, 7) is 1.90. The van der Waals surface area contributed by atoms with Crippen molar-refractivity contribution < 1.29 is 14.6 Å². The highest BCUT2D eigenvalue weighted by molar-refractivity contribution is 5.79. The number of ketones is 1. The average molecular weight is 340 g/mol. The number of hydrogen-bond donors (Lipinski definition) is 1. The van der Waals surface area contributed by atoms with Crippen molar-refractivity contribution in [2.24, 2.45) is 11.8 Å². The van der Waals surface area contributed by atoms with Crippen molar-refractivity contribution >= 4 is 5.78 Å². The van der Waals surface area contributed by atoms with E-state index in [1.807, 2.05) is 49.4 Å². The Bertz CT molecular complexity index is 619. The summed E-state index contributed by atoms with van der Waals surface area (Å²) in [7, 11) is 0. The Kier molecular flexibility index (Phi) is 6.22. The molecule has 0 amide bonds. The molecule has 0 saturated carbocycles. The van der Waals surface area contributed by atoms with Crippen LogP contribution < -0.4 is 0 Å². The van der Waals surface area contributed by atoms with E-state index in [1.165, 1.54) is 0 Å². The number of aliphatic hydroxyl groups is 1. The largest absolute Gasteiger partial charge is 0.384 e. The number of fused-ring (bicyclic) bond motifs is 2. The average Bonchev–Trinajstić information content (AvgIpc) is 3.25. The van der Waals surface area contributed by atoms with Gasteiger partial charge in [-0.15, -0.1) is 0 Å². The quantitative estimate of drug-likeness (QED) is 0.714. The van der Waals surface area contributed by atoms with Gasteiger partial charge in [0, 0.05) is 18.8 Å². The van der Waals surface area contributed by atoms with Crippen molar-refractivity contribution in [1.82, 2.24) is 0 Å². The molecule has 1 unspecified atom stereocenters. The number of carbonyl (C=O) groups is 1. The van der Waals surface area contributed by atoms with Crippen LogP contribution in [0.15, 0.2) is 54.6 Å². The highest BCUT2D eigenvalue weighted by atomic mass is 16.5. The molecule has 3 heteroatoms. The maximum atomic E-state index is 11.4. The van der Waals surface area contributed by atoms with Crippen molar-refractivity contribution in [3.05, 3.63) is 60.2 Å². The van der Waals surface area contributed by atoms with E-state index >= 15 is 0 Å². The van der Waals surface area contributed by atoms with Gasteiger partial charge in [0.1, 0.15) is 5.78 Å². The summed E-state index contributed by atoms with van der Waals surface area (Å²) in [5.41, 5.74) is 0.914. The lowest BCUT2D eigenvalue weighted by Gasteiger charge is -2.25. The lowest BCUT2D eigenvalue weighted by Crippen LogP contribution is -2.25. The summed E-state index contributed by atoms with van der Waals surface area (Å²) in [4.78, 5) is 11.4. The molecule has 0 aromatic heterocycles. The molecule has 2 aliphatic heterocycles. The second-order valence-corrected chi connectivity index (χ2v) is 7.08.